The van der Waals surface area contributed by atoms with E-state index in [0.29, 0.717) is 5.11 Å². The monoisotopic (exact) mass is 326 g/mol. The highest BCUT2D eigenvalue weighted by Crippen LogP contribution is 2.17. The second kappa shape index (κ2) is 8.11. The van der Waals surface area contributed by atoms with Crippen LogP contribution in [0.25, 0.3) is 0 Å². The van der Waals surface area contributed by atoms with Crippen molar-refractivity contribution in [2.45, 2.75) is 46.6 Å². The third-order valence-corrected chi connectivity index (χ3v) is 4.22. The van der Waals surface area contributed by atoms with Gasteiger partial charge in [0.05, 0.1) is 6.04 Å². The van der Waals surface area contributed by atoms with Crippen LogP contribution in [-0.4, -0.2) is 5.11 Å². The average Bonchev–Trinajstić information content (AvgIpc) is 2.51. The molecule has 0 aromatic heterocycles. The predicted octanol–water partition coefficient (Wildman–Crippen LogP) is 5.30. The third-order valence-electron chi connectivity index (χ3n) is 4.00. The largest absolute Gasteiger partial charge is 0.356 e. The Bertz CT molecular complexity index is 662. The molecule has 0 heterocycles. The normalized spacial score (nSPS) is 11.8. The molecule has 0 spiro atoms. The summed E-state index contributed by atoms with van der Waals surface area (Å²) in [6, 6.07) is 15.3. The first kappa shape index (κ1) is 17.5. The van der Waals surface area contributed by atoms with E-state index in [9.17, 15) is 0 Å². The van der Waals surface area contributed by atoms with E-state index in [1.165, 1.54) is 28.7 Å². The molecule has 0 fully saturated rings. The van der Waals surface area contributed by atoms with Gasteiger partial charge in [-0.25, -0.2) is 0 Å². The van der Waals surface area contributed by atoms with Crippen LogP contribution in [-0.2, 0) is 6.42 Å². The van der Waals surface area contributed by atoms with Crippen LogP contribution in [0.2, 0.25) is 0 Å². The van der Waals surface area contributed by atoms with Crippen LogP contribution in [0.3, 0.4) is 0 Å². The van der Waals surface area contributed by atoms with Crippen molar-refractivity contribution in [1.29, 1.82) is 0 Å². The quantitative estimate of drug-likeness (QED) is 0.729. The zero-order valence-electron chi connectivity index (χ0n) is 14.4. The standard InChI is InChI=1S/C20H26N2S/c1-5-6-17-8-10-18(11-9-17)16(4)21-20(23)22-19-12-7-14(2)13-15(19)3/h7-13,16H,5-6H2,1-4H3,(H2,21,22,23). The molecule has 0 bridgehead atoms. The molecule has 0 aliphatic carbocycles. The first-order valence-electron chi connectivity index (χ1n) is 8.23. The Hall–Kier alpha value is -1.87. The van der Waals surface area contributed by atoms with E-state index >= 15 is 0 Å². The van der Waals surface area contributed by atoms with Crippen molar-refractivity contribution in [2.24, 2.45) is 0 Å². The zero-order chi connectivity index (χ0) is 16.8. The highest BCUT2D eigenvalue weighted by molar-refractivity contribution is 7.80. The summed E-state index contributed by atoms with van der Waals surface area (Å²) in [4.78, 5) is 0. The van der Waals surface area contributed by atoms with Crippen LogP contribution in [0.4, 0.5) is 5.69 Å². The molecular weight excluding hydrogens is 300 g/mol. The van der Waals surface area contributed by atoms with Gasteiger partial charge in [0.1, 0.15) is 0 Å². The van der Waals surface area contributed by atoms with Gasteiger partial charge in [0.25, 0.3) is 0 Å². The van der Waals surface area contributed by atoms with Crippen molar-refractivity contribution >= 4 is 23.0 Å². The lowest BCUT2D eigenvalue weighted by Crippen LogP contribution is -2.31. The van der Waals surface area contributed by atoms with E-state index in [4.69, 9.17) is 12.2 Å². The summed E-state index contributed by atoms with van der Waals surface area (Å²) < 4.78 is 0. The van der Waals surface area contributed by atoms with Crippen LogP contribution in [0.1, 0.15) is 48.6 Å². The number of nitrogens with one attached hydrogen (secondary N) is 2. The number of hydrogen-bond donors (Lipinski definition) is 2. The molecule has 0 amide bonds. The van der Waals surface area contributed by atoms with Crippen molar-refractivity contribution in [3.8, 4) is 0 Å². The third kappa shape index (κ3) is 5.07. The molecule has 0 saturated heterocycles. The number of benzene rings is 2. The molecular formula is C20H26N2S. The minimum absolute atomic E-state index is 0.177. The van der Waals surface area contributed by atoms with Crippen molar-refractivity contribution in [3.63, 3.8) is 0 Å². The minimum atomic E-state index is 0.177. The van der Waals surface area contributed by atoms with Gasteiger partial charge in [0.15, 0.2) is 5.11 Å². The maximum atomic E-state index is 5.45. The van der Waals surface area contributed by atoms with Crippen molar-refractivity contribution in [3.05, 3.63) is 64.7 Å². The SMILES string of the molecule is CCCc1ccc(C(C)NC(=S)Nc2ccc(C)cc2C)cc1. The molecule has 1 atom stereocenters. The Morgan fingerprint density at radius 2 is 1.78 bits per heavy atom. The first-order valence-corrected chi connectivity index (χ1v) is 8.64. The average molecular weight is 327 g/mol. The van der Waals surface area contributed by atoms with E-state index in [1.807, 2.05) is 0 Å². The van der Waals surface area contributed by atoms with E-state index in [2.05, 4.69) is 80.8 Å². The molecule has 0 aliphatic rings. The summed E-state index contributed by atoms with van der Waals surface area (Å²) >= 11 is 5.45. The van der Waals surface area contributed by atoms with Crippen LogP contribution in [0, 0.1) is 13.8 Å². The van der Waals surface area contributed by atoms with Gasteiger partial charge in [-0.2, -0.15) is 0 Å². The number of rotatable bonds is 5. The highest BCUT2D eigenvalue weighted by atomic mass is 32.1. The maximum Gasteiger partial charge on any atom is 0.171 e. The molecule has 2 nitrogen and oxygen atoms in total. The van der Waals surface area contributed by atoms with Crippen LogP contribution in [0.15, 0.2) is 42.5 Å². The Morgan fingerprint density at radius 3 is 2.39 bits per heavy atom. The summed E-state index contributed by atoms with van der Waals surface area (Å²) in [7, 11) is 0. The zero-order valence-corrected chi connectivity index (χ0v) is 15.3. The smallest absolute Gasteiger partial charge is 0.171 e. The van der Waals surface area contributed by atoms with E-state index in [-0.39, 0.29) is 6.04 Å². The first-order chi connectivity index (χ1) is 11.0. The number of anilines is 1. The Balaban J connectivity index is 1.96. The van der Waals surface area contributed by atoms with Gasteiger partial charge >= 0.3 is 0 Å². The summed E-state index contributed by atoms with van der Waals surface area (Å²) in [6.45, 7) is 8.52. The van der Waals surface area contributed by atoms with Gasteiger partial charge in [0, 0.05) is 5.69 Å². The molecule has 2 rings (SSSR count). The second-order valence-corrected chi connectivity index (χ2v) is 6.54. The maximum absolute atomic E-state index is 5.45. The molecule has 3 heteroatoms. The molecule has 2 aromatic carbocycles. The van der Waals surface area contributed by atoms with Crippen molar-refractivity contribution in [2.75, 3.05) is 5.32 Å². The van der Waals surface area contributed by atoms with Gasteiger partial charge in [0.2, 0.25) is 0 Å². The lowest BCUT2D eigenvalue weighted by molar-refractivity contribution is 0.721. The number of hydrogen-bond acceptors (Lipinski definition) is 1. The van der Waals surface area contributed by atoms with Crippen LogP contribution < -0.4 is 10.6 Å². The summed E-state index contributed by atoms with van der Waals surface area (Å²) in [5.74, 6) is 0. The summed E-state index contributed by atoms with van der Waals surface area (Å²) in [6.07, 6.45) is 2.31. The molecule has 0 saturated carbocycles. The molecule has 2 aromatic rings. The van der Waals surface area contributed by atoms with E-state index < -0.39 is 0 Å². The minimum Gasteiger partial charge on any atom is -0.356 e. The van der Waals surface area contributed by atoms with E-state index in [1.54, 1.807) is 0 Å². The Labute approximate surface area is 145 Å². The Morgan fingerprint density at radius 1 is 1.09 bits per heavy atom. The fourth-order valence-corrected chi connectivity index (χ4v) is 2.94. The molecule has 2 N–H and O–H groups in total. The van der Waals surface area contributed by atoms with Gasteiger partial charge < -0.3 is 10.6 Å². The van der Waals surface area contributed by atoms with Gasteiger partial charge in [-0.3, -0.25) is 0 Å². The van der Waals surface area contributed by atoms with Crippen LogP contribution >= 0.6 is 12.2 Å². The fraction of sp³-hybridized carbons (Fsp3) is 0.350. The molecule has 0 aliphatic heterocycles. The van der Waals surface area contributed by atoms with Gasteiger partial charge in [-0.15, -0.1) is 0 Å². The summed E-state index contributed by atoms with van der Waals surface area (Å²) in [5.41, 5.74) is 6.14. The van der Waals surface area contributed by atoms with Gasteiger partial charge in [-0.1, -0.05) is 55.3 Å². The Kier molecular flexibility index (Phi) is 6.17. The lowest BCUT2D eigenvalue weighted by Gasteiger charge is -2.18. The van der Waals surface area contributed by atoms with Crippen molar-refractivity contribution in [1.82, 2.24) is 5.32 Å². The van der Waals surface area contributed by atoms with E-state index in [0.717, 1.165) is 12.1 Å². The van der Waals surface area contributed by atoms with Gasteiger partial charge in [-0.05, 0) is 62.2 Å². The number of aryl methyl sites for hydroxylation is 3. The fourth-order valence-electron chi connectivity index (χ4n) is 2.65. The van der Waals surface area contributed by atoms with Crippen LogP contribution in [0.5, 0.6) is 0 Å². The number of thiocarbonyl (C=S) groups is 1. The van der Waals surface area contributed by atoms with Crippen molar-refractivity contribution < 1.29 is 0 Å². The predicted molar refractivity (Wildman–Crippen MR) is 104 cm³/mol. The molecule has 1 unspecified atom stereocenters. The lowest BCUT2D eigenvalue weighted by atomic mass is 10.0. The summed E-state index contributed by atoms with van der Waals surface area (Å²) in [5, 5.41) is 7.30. The second-order valence-electron chi connectivity index (χ2n) is 6.13. The highest BCUT2D eigenvalue weighted by Gasteiger charge is 2.08. The topological polar surface area (TPSA) is 24.1 Å². The molecule has 0 radical (unpaired) electrons. The molecule has 122 valence electrons. The molecule has 23 heavy (non-hydrogen) atoms.